The maximum atomic E-state index is 13.5. The zero-order valence-corrected chi connectivity index (χ0v) is 11.9. The number of anilines is 1. The second-order valence-corrected chi connectivity index (χ2v) is 5.12. The molecule has 94 valence electrons. The minimum Gasteiger partial charge on any atom is -0.434 e. The third-order valence-electron chi connectivity index (χ3n) is 2.03. The Morgan fingerprint density at radius 2 is 1.83 bits per heavy atom. The molecule has 0 radical (unpaired) electrons. The quantitative estimate of drug-likeness (QED) is 0.793. The van der Waals surface area contributed by atoms with E-state index in [0.717, 1.165) is 6.07 Å². The number of hydrogen-bond acceptors (Lipinski definition) is 3. The van der Waals surface area contributed by atoms with Crippen molar-refractivity contribution in [3.05, 3.63) is 45.0 Å². The molecule has 0 aliphatic heterocycles. The van der Waals surface area contributed by atoms with Crippen molar-refractivity contribution in [1.29, 1.82) is 0 Å². The zero-order valence-electron chi connectivity index (χ0n) is 8.75. The first-order valence-corrected chi connectivity index (χ1v) is 6.29. The molecular formula is C11H6Br2F2N2O. The smallest absolute Gasteiger partial charge is 0.256 e. The summed E-state index contributed by atoms with van der Waals surface area (Å²) < 4.78 is 32.6. The van der Waals surface area contributed by atoms with E-state index in [0.29, 0.717) is 4.47 Å². The van der Waals surface area contributed by atoms with Gasteiger partial charge in [-0.05, 0) is 44.0 Å². The van der Waals surface area contributed by atoms with Gasteiger partial charge in [0, 0.05) is 16.7 Å². The van der Waals surface area contributed by atoms with E-state index < -0.39 is 11.6 Å². The fourth-order valence-corrected chi connectivity index (χ4v) is 1.88. The summed E-state index contributed by atoms with van der Waals surface area (Å²) >= 11 is 6.05. The van der Waals surface area contributed by atoms with Gasteiger partial charge in [0.15, 0.2) is 11.6 Å². The van der Waals surface area contributed by atoms with Crippen LogP contribution in [0.4, 0.5) is 14.5 Å². The molecule has 0 bridgehead atoms. The molecule has 0 unspecified atom stereocenters. The van der Waals surface area contributed by atoms with E-state index in [1.165, 1.54) is 18.3 Å². The van der Waals surface area contributed by atoms with Gasteiger partial charge < -0.3 is 10.5 Å². The van der Waals surface area contributed by atoms with E-state index in [1.807, 2.05) is 0 Å². The van der Waals surface area contributed by atoms with Crippen molar-refractivity contribution in [1.82, 2.24) is 4.98 Å². The lowest BCUT2D eigenvalue weighted by molar-refractivity contribution is 0.421. The number of aromatic nitrogens is 1. The molecule has 0 saturated carbocycles. The fourth-order valence-electron chi connectivity index (χ4n) is 1.21. The molecule has 1 heterocycles. The standard InChI is InChI=1S/C11H6Br2F2N2O/c12-5-1-8(15)11(17-4-5)18-10-3-7(14)6(13)2-9(10)16/h1-4H,16H2. The van der Waals surface area contributed by atoms with Crippen molar-refractivity contribution in [3.63, 3.8) is 0 Å². The maximum Gasteiger partial charge on any atom is 0.256 e. The van der Waals surface area contributed by atoms with Crippen LogP contribution in [0.2, 0.25) is 0 Å². The van der Waals surface area contributed by atoms with Crippen LogP contribution in [0.3, 0.4) is 0 Å². The van der Waals surface area contributed by atoms with Crippen LogP contribution in [-0.2, 0) is 0 Å². The number of nitrogens with two attached hydrogens (primary N) is 1. The molecule has 0 aliphatic rings. The number of nitrogens with zero attached hydrogens (tertiary/aromatic N) is 1. The molecule has 2 N–H and O–H groups in total. The van der Waals surface area contributed by atoms with Crippen LogP contribution < -0.4 is 10.5 Å². The average molecular weight is 380 g/mol. The van der Waals surface area contributed by atoms with Gasteiger partial charge in [0.2, 0.25) is 0 Å². The van der Waals surface area contributed by atoms with Gasteiger partial charge in [-0.1, -0.05) is 0 Å². The van der Waals surface area contributed by atoms with Gasteiger partial charge in [0.25, 0.3) is 5.88 Å². The third-order valence-corrected chi connectivity index (χ3v) is 3.07. The number of benzene rings is 1. The minimum atomic E-state index is -0.674. The van der Waals surface area contributed by atoms with Crippen LogP contribution in [0, 0.1) is 11.6 Å². The molecule has 7 heteroatoms. The summed E-state index contributed by atoms with van der Waals surface area (Å²) in [6.07, 6.45) is 1.36. The number of pyridine rings is 1. The van der Waals surface area contributed by atoms with Gasteiger partial charge in [-0.15, -0.1) is 0 Å². The zero-order chi connectivity index (χ0) is 13.3. The lowest BCUT2D eigenvalue weighted by atomic mass is 10.3. The van der Waals surface area contributed by atoms with Crippen molar-refractivity contribution in [3.8, 4) is 11.6 Å². The Morgan fingerprint density at radius 1 is 1.11 bits per heavy atom. The first-order chi connectivity index (χ1) is 8.47. The normalized spacial score (nSPS) is 10.4. The van der Waals surface area contributed by atoms with Gasteiger partial charge in [0.1, 0.15) is 5.82 Å². The lowest BCUT2D eigenvalue weighted by Gasteiger charge is -2.09. The minimum absolute atomic E-state index is 0.00409. The van der Waals surface area contributed by atoms with Crippen molar-refractivity contribution < 1.29 is 13.5 Å². The number of halogens is 4. The number of rotatable bonds is 2. The first kappa shape index (κ1) is 13.2. The predicted octanol–water partition coefficient (Wildman–Crippen LogP) is 4.26. The molecule has 0 spiro atoms. The van der Waals surface area contributed by atoms with Crippen molar-refractivity contribution in [2.75, 3.05) is 5.73 Å². The first-order valence-electron chi connectivity index (χ1n) is 4.71. The highest BCUT2D eigenvalue weighted by molar-refractivity contribution is 9.10. The second kappa shape index (κ2) is 5.19. The predicted molar refractivity (Wildman–Crippen MR) is 70.5 cm³/mol. The Balaban J connectivity index is 2.37. The summed E-state index contributed by atoms with van der Waals surface area (Å²) in [4.78, 5) is 3.73. The molecule has 18 heavy (non-hydrogen) atoms. The SMILES string of the molecule is Nc1cc(Br)c(F)cc1Oc1ncc(Br)cc1F. The molecule has 0 aliphatic carbocycles. The number of ether oxygens (including phenoxy) is 1. The molecule has 2 aromatic rings. The van der Waals surface area contributed by atoms with Crippen LogP contribution in [0.1, 0.15) is 0 Å². The van der Waals surface area contributed by atoms with Crippen molar-refractivity contribution in [2.24, 2.45) is 0 Å². The topological polar surface area (TPSA) is 48.1 Å². The highest BCUT2D eigenvalue weighted by Gasteiger charge is 2.12. The van der Waals surface area contributed by atoms with E-state index in [1.54, 1.807) is 0 Å². The van der Waals surface area contributed by atoms with Crippen LogP contribution in [0.15, 0.2) is 33.3 Å². The molecular weight excluding hydrogens is 374 g/mol. The van der Waals surface area contributed by atoms with E-state index in [9.17, 15) is 8.78 Å². The van der Waals surface area contributed by atoms with E-state index >= 15 is 0 Å². The highest BCUT2D eigenvalue weighted by atomic mass is 79.9. The largest absolute Gasteiger partial charge is 0.434 e. The summed E-state index contributed by atoms with van der Waals surface area (Å²) in [6, 6.07) is 3.58. The second-order valence-electron chi connectivity index (χ2n) is 3.35. The number of hydrogen-bond donors (Lipinski definition) is 1. The molecule has 0 atom stereocenters. The lowest BCUT2D eigenvalue weighted by Crippen LogP contribution is -1.97. The molecule has 2 rings (SSSR count). The summed E-state index contributed by atoms with van der Waals surface area (Å²) in [5, 5.41) is 0. The van der Waals surface area contributed by atoms with Gasteiger partial charge in [-0.3, -0.25) is 0 Å². The average Bonchev–Trinajstić information content (AvgIpc) is 2.29. The molecule has 3 nitrogen and oxygen atoms in total. The molecule has 0 saturated heterocycles. The summed E-state index contributed by atoms with van der Waals surface area (Å²) in [5.41, 5.74) is 5.81. The van der Waals surface area contributed by atoms with Gasteiger partial charge in [-0.2, -0.15) is 0 Å². The number of nitrogen functional groups attached to an aromatic ring is 1. The Labute approximate surface area is 118 Å². The molecule has 0 amide bonds. The highest BCUT2D eigenvalue weighted by Crippen LogP contribution is 2.32. The van der Waals surface area contributed by atoms with Crippen molar-refractivity contribution in [2.45, 2.75) is 0 Å². The maximum absolute atomic E-state index is 13.5. The van der Waals surface area contributed by atoms with Crippen molar-refractivity contribution >= 4 is 37.5 Å². The summed E-state index contributed by atoms with van der Waals surface area (Å²) in [6.45, 7) is 0. The van der Waals surface area contributed by atoms with E-state index in [2.05, 4.69) is 36.8 Å². The van der Waals surface area contributed by atoms with Crippen LogP contribution in [0.25, 0.3) is 0 Å². The molecule has 0 fully saturated rings. The summed E-state index contributed by atoms with van der Waals surface area (Å²) in [7, 11) is 0. The molecule has 1 aromatic heterocycles. The third kappa shape index (κ3) is 2.78. The monoisotopic (exact) mass is 378 g/mol. The fraction of sp³-hybridized carbons (Fsp3) is 0. The summed E-state index contributed by atoms with van der Waals surface area (Å²) in [5.74, 6) is -1.50. The van der Waals surface area contributed by atoms with Gasteiger partial charge >= 0.3 is 0 Å². The Bertz CT molecular complexity index is 608. The van der Waals surface area contributed by atoms with E-state index in [-0.39, 0.29) is 21.8 Å². The Morgan fingerprint density at radius 3 is 2.50 bits per heavy atom. The van der Waals surface area contributed by atoms with Crippen LogP contribution in [-0.4, -0.2) is 4.98 Å². The Kier molecular flexibility index (Phi) is 3.82. The Hall–Kier alpha value is -1.21. The van der Waals surface area contributed by atoms with Gasteiger partial charge in [-0.25, -0.2) is 13.8 Å². The van der Waals surface area contributed by atoms with Gasteiger partial charge in [0.05, 0.1) is 10.2 Å². The molecule has 1 aromatic carbocycles. The van der Waals surface area contributed by atoms with Crippen LogP contribution >= 0.6 is 31.9 Å². The van der Waals surface area contributed by atoms with Crippen LogP contribution in [0.5, 0.6) is 11.6 Å². The van der Waals surface area contributed by atoms with E-state index in [4.69, 9.17) is 10.5 Å².